The third-order valence-corrected chi connectivity index (χ3v) is 4.73. The number of rotatable bonds is 5. The molecular weight excluding hydrogens is 330 g/mol. The van der Waals surface area contributed by atoms with Crippen molar-refractivity contribution < 1.29 is 4.74 Å². The van der Waals surface area contributed by atoms with Gasteiger partial charge in [0.05, 0.1) is 6.04 Å². The highest BCUT2D eigenvalue weighted by Crippen LogP contribution is 2.34. The fourth-order valence-electron chi connectivity index (χ4n) is 3.56. The molecule has 1 atom stereocenters. The SMILES string of the molecule is C=CC.CC(C)CC(C)(C)[C@@H]1COC(c2ccc(-c3ccccc3)cc2)=N1. The molecule has 0 amide bonds. The van der Waals surface area contributed by atoms with Crippen molar-refractivity contribution >= 4 is 5.90 Å². The highest BCUT2D eigenvalue weighted by atomic mass is 16.5. The lowest BCUT2D eigenvalue weighted by Gasteiger charge is -2.30. The summed E-state index contributed by atoms with van der Waals surface area (Å²) in [6, 6.07) is 19.2. The summed E-state index contributed by atoms with van der Waals surface area (Å²) in [6.45, 7) is 15.1. The maximum absolute atomic E-state index is 5.92. The van der Waals surface area contributed by atoms with E-state index in [0.29, 0.717) is 12.5 Å². The number of hydrogen-bond acceptors (Lipinski definition) is 2. The molecule has 2 aromatic rings. The van der Waals surface area contributed by atoms with E-state index >= 15 is 0 Å². The molecule has 1 aliphatic rings. The Morgan fingerprint density at radius 3 is 2.11 bits per heavy atom. The van der Waals surface area contributed by atoms with Crippen LogP contribution < -0.4 is 0 Å². The van der Waals surface area contributed by atoms with Gasteiger partial charge in [0.2, 0.25) is 5.90 Å². The molecule has 27 heavy (non-hydrogen) atoms. The first-order valence-corrected chi connectivity index (χ1v) is 9.81. The molecular formula is C25H33NO. The molecule has 0 unspecified atom stereocenters. The second-order valence-electron chi connectivity index (χ2n) is 8.20. The molecule has 2 heteroatoms. The van der Waals surface area contributed by atoms with E-state index < -0.39 is 0 Å². The average molecular weight is 364 g/mol. The summed E-state index contributed by atoms with van der Waals surface area (Å²) in [4.78, 5) is 4.88. The Labute approximate surface area is 165 Å². The summed E-state index contributed by atoms with van der Waals surface area (Å²) >= 11 is 0. The number of ether oxygens (including phenoxy) is 1. The summed E-state index contributed by atoms with van der Waals surface area (Å²) in [7, 11) is 0. The molecule has 0 aliphatic carbocycles. The van der Waals surface area contributed by atoms with E-state index in [1.165, 1.54) is 11.1 Å². The van der Waals surface area contributed by atoms with Gasteiger partial charge in [-0.3, -0.25) is 0 Å². The molecule has 0 spiro atoms. The predicted octanol–water partition coefficient (Wildman–Crippen LogP) is 6.76. The van der Waals surface area contributed by atoms with E-state index in [4.69, 9.17) is 9.73 Å². The molecule has 1 aliphatic heterocycles. The van der Waals surface area contributed by atoms with Gasteiger partial charge in [0.25, 0.3) is 0 Å². The Hall–Kier alpha value is -2.35. The van der Waals surface area contributed by atoms with Crippen molar-refractivity contribution in [3.63, 3.8) is 0 Å². The van der Waals surface area contributed by atoms with Crippen LogP contribution in [0.3, 0.4) is 0 Å². The first kappa shape index (κ1) is 21.0. The van der Waals surface area contributed by atoms with Crippen LogP contribution in [0.15, 0.2) is 72.2 Å². The molecule has 0 N–H and O–H groups in total. The summed E-state index contributed by atoms with van der Waals surface area (Å²) in [5, 5.41) is 0. The minimum atomic E-state index is 0.167. The van der Waals surface area contributed by atoms with Crippen molar-refractivity contribution in [3.05, 3.63) is 72.8 Å². The minimum Gasteiger partial charge on any atom is -0.475 e. The molecule has 0 bridgehead atoms. The molecule has 2 aromatic carbocycles. The number of benzene rings is 2. The Kier molecular flexibility index (Phi) is 7.41. The predicted molar refractivity (Wildman–Crippen MR) is 117 cm³/mol. The second kappa shape index (κ2) is 9.55. The Balaban J connectivity index is 0.000000817. The maximum atomic E-state index is 5.92. The lowest BCUT2D eigenvalue weighted by Crippen LogP contribution is -2.30. The molecule has 0 fully saturated rings. The summed E-state index contributed by atoms with van der Waals surface area (Å²) in [6.07, 6.45) is 2.91. The number of hydrogen-bond donors (Lipinski definition) is 0. The number of aliphatic imine (C=N–C) groups is 1. The lowest BCUT2D eigenvalue weighted by molar-refractivity contribution is 0.188. The number of allylic oxidation sites excluding steroid dienone is 1. The summed E-state index contributed by atoms with van der Waals surface area (Å²) < 4.78 is 5.92. The van der Waals surface area contributed by atoms with Crippen LogP contribution >= 0.6 is 0 Å². The standard InChI is InChI=1S/C22H27NO.C3H6/c1-16(2)14-22(3,4)20-15-24-21(23-20)19-12-10-18(11-13-19)17-8-6-5-7-9-17;1-3-2/h5-13,16,20H,14-15H2,1-4H3;3H,1H2,2H3/t20-;/m0./s1. The first-order valence-electron chi connectivity index (χ1n) is 9.81. The van der Waals surface area contributed by atoms with Crippen molar-refractivity contribution in [3.8, 4) is 11.1 Å². The van der Waals surface area contributed by atoms with Gasteiger partial charge in [-0.15, -0.1) is 6.58 Å². The van der Waals surface area contributed by atoms with Crippen LogP contribution in [0, 0.1) is 11.3 Å². The third kappa shape index (κ3) is 5.82. The van der Waals surface area contributed by atoms with Crippen LogP contribution in [0.5, 0.6) is 0 Å². The van der Waals surface area contributed by atoms with Crippen LogP contribution in [0.1, 0.15) is 46.6 Å². The largest absolute Gasteiger partial charge is 0.475 e. The highest BCUT2D eigenvalue weighted by molar-refractivity contribution is 5.95. The highest BCUT2D eigenvalue weighted by Gasteiger charge is 2.34. The molecule has 3 rings (SSSR count). The van der Waals surface area contributed by atoms with Crippen molar-refractivity contribution in [1.82, 2.24) is 0 Å². The van der Waals surface area contributed by atoms with Gasteiger partial charge >= 0.3 is 0 Å². The van der Waals surface area contributed by atoms with Gasteiger partial charge in [-0.2, -0.15) is 0 Å². The van der Waals surface area contributed by atoms with Gasteiger partial charge in [0.1, 0.15) is 6.61 Å². The molecule has 0 aromatic heterocycles. The molecule has 144 valence electrons. The maximum Gasteiger partial charge on any atom is 0.216 e. The van der Waals surface area contributed by atoms with Gasteiger partial charge in [0, 0.05) is 5.56 Å². The van der Waals surface area contributed by atoms with Crippen LogP contribution in [-0.4, -0.2) is 18.5 Å². The van der Waals surface area contributed by atoms with Crippen molar-refractivity contribution in [2.45, 2.75) is 47.1 Å². The van der Waals surface area contributed by atoms with E-state index in [0.717, 1.165) is 17.9 Å². The molecule has 1 heterocycles. The summed E-state index contributed by atoms with van der Waals surface area (Å²) in [5.74, 6) is 1.46. The molecule has 0 radical (unpaired) electrons. The zero-order chi connectivity index (χ0) is 19.9. The lowest BCUT2D eigenvalue weighted by atomic mass is 9.78. The zero-order valence-corrected chi connectivity index (χ0v) is 17.4. The minimum absolute atomic E-state index is 0.167. The Bertz CT molecular complexity index is 742. The van der Waals surface area contributed by atoms with Crippen LogP contribution in [0.25, 0.3) is 11.1 Å². The average Bonchev–Trinajstić information content (AvgIpc) is 3.13. The molecule has 0 saturated heterocycles. The second-order valence-corrected chi connectivity index (χ2v) is 8.20. The van der Waals surface area contributed by atoms with Crippen LogP contribution in [0.2, 0.25) is 0 Å². The van der Waals surface area contributed by atoms with Gasteiger partial charge in [-0.25, -0.2) is 4.99 Å². The third-order valence-electron chi connectivity index (χ3n) is 4.73. The van der Waals surface area contributed by atoms with Gasteiger partial charge in [0.15, 0.2) is 0 Å². The first-order chi connectivity index (χ1) is 12.9. The summed E-state index contributed by atoms with van der Waals surface area (Å²) in [5.41, 5.74) is 3.68. The smallest absolute Gasteiger partial charge is 0.216 e. The van der Waals surface area contributed by atoms with E-state index in [1.807, 2.05) is 13.0 Å². The number of nitrogens with zero attached hydrogens (tertiary/aromatic N) is 1. The van der Waals surface area contributed by atoms with Crippen LogP contribution in [-0.2, 0) is 4.74 Å². The van der Waals surface area contributed by atoms with Gasteiger partial charge in [-0.05, 0) is 47.9 Å². The Morgan fingerprint density at radius 2 is 1.56 bits per heavy atom. The van der Waals surface area contributed by atoms with E-state index in [2.05, 4.69) is 82.8 Å². The monoisotopic (exact) mass is 363 g/mol. The van der Waals surface area contributed by atoms with Crippen molar-refractivity contribution in [1.29, 1.82) is 0 Å². The van der Waals surface area contributed by atoms with Gasteiger partial charge in [-0.1, -0.05) is 76.2 Å². The zero-order valence-electron chi connectivity index (χ0n) is 17.4. The van der Waals surface area contributed by atoms with E-state index in [9.17, 15) is 0 Å². The fourth-order valence-corrected chi connectivity index (χ4v) is 3.56. The fraction of sp³-hybridized carbons (Fsp3) is 0.400. The van der Waals surface area contributed by atoms with Gasteiger partial charge < -0.3 is 4.74 Å². The quantitative estimate of drug-likeness (QED) is 0.538. The van der Waals surface area contributed by atoms with Crippen molar-refractivity contribution in [2.24, 2.45) is 16.3 Å². The topological polar surface area (TPSA) is 21.6 Å². The van der Waals surface area contributed by atoms with Crippen LogP contribution in [0.4, 0.5) is 0 Å². The normalized spacial score (nSPS) is 16.2. The molecule has 0 saturated carbocycles. The van der Waals surface area contributed by atoms with E-state index in [1.54, 1.807) is 6.08 Å². The Morgan fingerprint density at radius 1 is 1.04 bits per heavy atom. The van der Waals surface area contributed by atoms with Crippen molar-refractivity contribution in [2.75, 3.05) is 6.61 Å². The van der Waals surface area contributed by atoms with E-state index in [-0.39, 0.29) is 11.5 Å². The molecule has 2 nitrogen and oxygen atoms in total.